The van der Waals surface area contributed by atoms with Crippen LogP contribution in [0.1, 0.15) is 62.5 Å². The molecule has 40 heavy (non-hydrogen) atoms. The number of hydrogen-bond donors (Lipinski definition) is 1. The number of piperidine rings is 1. The molecule has 3 fully saturated rings. The minimum atomic E-state index is -4.52. The van der Waals surface area contributed by atoms with Crippen molar-refractivity contribution in [3.05, 3.63) is 66.0 Å². The molecule has 6 rings (SSSR count). The minimum absolute atomic E-state index is 0.0198. The number of halogens is 3. The molecule has 0 spiro atoms. The zero-order valence-electron chi connectivity index (χ0n) is 22.5. The summed E-state index contributed by atoms with van der Waals surface area (Å²) in [6.07, 6.45) is -0.603. The zero-order chi connectivity index (χ0) is 28.0. The summed E-state index contributed by atoms with van der Waals surface area (Å²) in [6, 6.07) is 16.7. The number of benzene rings is 2. The second-order valence-electron chi connectivity index (χ2n) is 11.4. The number of para-hydroxylation sites is 2. The third-order valence-electron chi connectivity index (χ3n) is 8.97. The van der Waals surface area contributed by atoms with Crippen LogP contribution in [0.25, 0.3) is 11.0 Å². The van der Waals surface area contributed by atoms with Gasteiger partial charge in [0.1, 0.15) is 0 Å². The van der Waals surface area contributed by atoms with Crippen molar-refractivity contribution in [1.29, 1.82) is 0 Å². The second kappa shape index (κ2) is 10.5. The minimum Gasteiger partial charge on any atom is -0.349 e. The predicted octanol–water partition coefficient (Wildman–Crippen LogP) is 4.95. The van der Waals surface area contributed by atoms with E-state index in [0.29, 0.717) is 43.4 Å². The van der Waals surface area contributed by atoms with Crippen molar-refractivity contribution in [3.63, 3.8) is 0 Å². The quantitative estimate of drug-likeness (QED) is 0.450. The molecule has 2 bridgehead atoms. The third-order valence-corrected chi connectivity index (χ3v) is 8.97. The first-order valence-corrected chi connectivity index (χ1v) is 14.1. The van der Waals surface area contributed by atoms with Crippen LogP contribution in [0, 0.1) is 5.92 Å². The number of carbonyl (C=O) groups is 2. The van der Waals surface area contributed by atoms with Crippen LogP contribution in [-0.2, 0) is 15.8 Å². The van der Waals surface area contributed by atoms with Gasteiger partial charge in [0.15, 0.2) is 0 Å². The number of hydrogen-bond acceptors (Lipinski definition) is 4. The van der Waals surface area contributed by atoms with Crippen LogP contribution in [0.5, 0.6) is 0 Å². The van der Waals surface area contributed by atoms with E-state index in [1.54, 1.807) is 29.2 Å². The summed E-state index contributed by atoms with van der Waals surface area (Å²) >= 11 is 0. The lowest BCUT2D eigenvalue weighted by atomic mass is 9.94. The molecular weight excluding hydrogens is 519 g/mol. The second-order valence-corrected chi connectivity index (χ2v) is 11.4. The molecule has 0 aliphatic carbocycles. The highest BCUT2D eigenvalue weighted by Gasteiger charge is 2.45. The largest absolute Gasteiger partial charge is 0.449 e. The molecule has 4 atom stereocenters. The standard InChI is InChI=1S/C30H34F3N5O2/c1-19(39)36-17-21(18-36)28(40)34-25(20-7-3-2-4-8-20)13-14-37-22-11-12-23(37)16-24(15-22)38-27-10-6-5-9-26(27)35-29(38)30(31,32)33/h2-10,21-25H,11-18H2,1H3,(H,34,40)/t22-,23+,24-,25-/m0/s1. The van der Waals surface area contributed by atoms with Crippen molar-refractivity contribution in [2.24, 2.45) is 5.92 Å². The number of fused-ring (bicyclic) bond motifs is 3. The predicted molar refractivity (Wildman–Crippen MR) is 144 cm³/mol. The summed E-state index contributed by atoms with van der Waals surface area (Å²) in [5.41, 5.74) is 1.95. The van der Waals surface area contributed by atoms with E-state index >= 15 is 0 Å². The van der Waals surface area contributed by atoms with Gasteiger partial charge in [-0.1, -0.05) is 42.5 Å². The molecule has 2 aromatic carbocycles. The number of rotatable bonds is 7. The van der Waals surface area contributed by atoms with Crippen molar-refractivity contribution < 1.29 is 22.8 Å². The van der Waals surface area contributed by atoms with Gasteiger partial charge in [-0.3, -0.25) is 14.5 Å². The van der Waals surface area contributed by atoms with Gasteiger partial charge < -0.3 is 14.8 Å². The Balaban J connectivity index is 1.16. The molecule has 10 heteroatoms. The van der Waals surface area contributed by atoms with Crippen molar-refractivity contribution in [3.8, 4) is 0 Å². The van der Waals surface area contributed by atoms with Crippen LogP contribution in [0.4, 0.5) is 13.2 Å². The maximum absolute atomic E-state index is 14.0. The molecular formula is C30H34F3N5O2. The number of carbonyl (C=O) groups excluding carboxylic acids is 2. The fraction of sp³-hybridized carbons (Fsp3) is 0.500. The Hall–Kier alpha value is -3.40. The Morgan fingerprint density at radius 2 is 1.62 bits per heavy atom. The summed E-state index contributed by atoms with van der Waals surface area (Å²) in [5, 5.41) is 3.22. The normalized spacial score (nSPS) is 24.2. The maximum atomic E-state index is 14.0. The topological polar surface area (TPSA) is 70.5 Å². The average Bonchev–Trinajstić information content (AvgIpc) is 3.40. The lowest BCUT2D eigenvalue weighted by Crippen LogP contribution is -2.55. The molecule has 7 nitrogen and oxygen atoms in total. The van der Waals surface area contributed by atoms with E-state index in [4.69, 9.17) is 0 Å². The van der Waals surface area contributed by atoms with E-state index in [0.717, 1.165) is 24.9 Å². The number of imidazole rings is 1. The highest BCUT2D eigenvalue weighted by atomic mass is 19.4. The Bertz CT molecular complexity index is 1370. The molecule has 212 valence electrons. The average molecular weight is 554 g/mol. The van der Waals surface area contributed by atoms with Gasteiger partial charge in [0, 0.05) is 44.7 Å². The summed E-state index contributed by atoms with van der Waals surface area (Å²) in [5.74, 6) is -1.07. The van der Waals surface area contributed by atoms with Gasteiger partial charge in [0.25, 0.3) is 0 Å². The first kappa shape index (κ1) is 26.8. The molecule has 3 aromatic rings. The van der Waals surface area contributed by atoms with E-state index in [-0.39, 0.29) is 41.9 Å². The number of alkyl halides is 3. The molecule has 1 N–H and O–H groups in total. The Labute approximate surface area is 231 Å². The smallest absolute Gasteiger partial charge is 0.349 e. The molecule has 3 saturated heterocycles. The SMILES string of the molecule is CC(=O)N1CC(C(=O)N[C@@H](CCN2[C@@H]3CC[C@H]2C[C@H](n2c(C(F)(F)F)nc4ccccc42)C3)c2ccccc2)C1. The summed E-state index contributed by atoms with van der Waals surface area (Å²) in [4.78, 5) is 32.6. The lowest BCUT2D eigenvalue weighted by molar-refractivity contribution is -0.148. The van der Waals surface area contributed by atoms with E-state index in [1.807, 2.05) is 30.3 Å². The van der Waals surface area contributed by atoms with E-state index in [1.165, 1.54) is 11.5 Å². The Morgan fingerprint density at radius 3 is 2.27 bits per heavy atom. The molecule has 0 saturated carbocycles. The van der Waals surface area contributed by atoms with E-state index < -0.39 is 12.0 Å². The number of nitrogens with zero attached hydrogens (tertiary/aromatic N) is 4. The van der Waals surface area contributed by atoms with Crippen LogP contribution in [0.15, 0.2) is 54.6 Å². The summed E-state index contributed by atoms with van der Waals surface area (Å²) in [7, 11) is 0. The monoisotopic (exact) mass is 553 g/mol. The molecule has 4 heterocycles. The first-order chi connectivity index (χ1) is 19.2. The van der Waals surface area contributed by atoms with Gasteiger partial charge in [0.2, 0.25) is 17.6 Å². The van der Waals surface area contributed by atoms with Crippen LogP contribution in [0.2, 0.25) is 0 Å². The van der Waals surface area contributed by atoms with Crippen LogP contribution < -0.4 is 5.32 Å². The number of amides is 2. The molecule has 2 amide bonds. The van der Waals surface area contributed by atoms with Gasteiger partial charge in [-0.15, -0.1) is 0 Å². The van der Waals surface area contributed by atoms with Crippen molar-refractivity contribution >= 4 is 22.8 Å². The summed E-state index contributed by atoms with van der Waals surface area (Å²) in [6.45, 7) is 3.16. The Morgan fingerprint density at radius 1 is 0.975 bits per heavy atom. The molecule has 0 radical (unpaired) electrons. The van der Waals surface area contributed by atoms with Crippen LogP contribution in [-0.4, -0.2) is 62.9 Å². The molecule has 0 unspecified atom stereocenters. The van der Waals surface area contributed by atoms with Crippen molar-refractivity contribution in [1.82, 2.24) is 24.7 Å². The van der Waals surface area contributed by atoms with Gasteiger partial charge in [-0.2, -0.15) is 13.2 Å². The Kier molecular flexibility index (Phi) is 7.06. The maximum Gasteiger partial charge on any atom is 0.449 e. The van der Waals surface area contributed by atoms with Gasteiger partial charge >= 0.3 is 6.18 Å². The number of nitrogens with one attached hydrogen (secondary N) is 1. The van der Waals surface area contributed by atoms with Gasteiger partial charge in [-0.25, -0.2) is 4.98 Å². The lowest BCUT2D eigenvalue weighted by Gasteiger charge is -2.41. The molecule has 3 aliphatic rings. The highest BCUT2D eigenvalue weighted by molar-refractivity contribution is 5.84. The highest BCUT2D eigenvalue weighted by Crippen LogP contribution is 2.44. The first-order valence-electron chi connectivity index (χ1n) is 14.1. The summed E-state index contributed by atoms with van der Waals surface area (Å²) < 4.78 is 43.4. The fourth-order valence-electron chi connectivity index (χ4n) is 6.91. The zero-order valence-corrected chi connectivity index (χ0v) is 22.5. The van der Waals surface area contributed by atoms with E-state index in [2.05, 4.69) is 15.2 Å². The van der Waals surface area contributed by atoms with E-state index in [9.17, 15) is 22.8 Å². The van der Waals surface area contributed by atoms with Gasteiger partial charge in [-0.05, 0) is 49.8 Å². The molecule has 1 aromatic heterocycles. The van der Waals surface area contributed by atoms with Crippen LogP contribution >= 0.6 is 0 Å². The third kappa shape index (κ3) is 5.09. The van der Waals surface area contributed by atoms with Crippen molar-refractivity contribution in [2.45, 2.75) is 69.4 Å². The number of likely N-dealkylation sites (tertiary alicyclic amines) is 1. The van der Waals surface area contributed by atoms with Crippen molar-refractivity contribution in [2.75, 3.05) is 19.6 Å². The van der Waals surface area contributed by atoms with Gasteiger partial charge in [0.05, 0.1) is 23.0 Å². The number of aromatic nitrogens is 2. The van der Waals surface area contributed by atoms with Crippen LogP contribution in [0.3, 0.4) is 0 Å². The molecule has 3 aliphatic heterocycles. The fourth-order valence-corrected chi connectivity index (χ4v) is 6.91.